The maximum absolute atomic E-state index is 12.9. The van der Waals surface area contributed by atoms with E-state index < -0.39 is 0 Å². The number of rotatable bonds is 2. The highest BCUT2D eigenvalue weighted by Gasteiger charge is 2.54. The number of fused-ring (bicyclic) bond motifs is 1. The van der Waals surface area contributed by atoms with Crippen molar-refractivity contribution in [3.63, 3.8) is 0 Å². The molecule has 20 heavy (non-hydrogen) atoms. The molecule has 2 atom stereocenters. The molecule has 1 N–H and O–H groups in total. The van der Waals surface area contributed by atoms with Gasteiger partial charge in [0.15, 0.2) is 0 Å². The van der Waals surface area contributed by atoms with Gasteiger partial charge < -0.3 is 10.2 Å². The maximum atomic E-state index is 12.9. The van der Waals surface area contributed by atoms with E-state index in [1.54, 1.807) is 0 Å². The van der Waals surface area contributed by atoms with Crippen molar-refractivity contribution in [1.82, 2.24) is 10.2 Å². The molecule has 1 amide bonds. The van der Waals surface area contributed by atoms with Gasteiger partial charge in [0.25, 0.3) is 0 Å². The molecule has 1 aromatic carbocycles. The zero-order chi connectivity index (χ0) is 12.9. The lowest BCUT2D eigenvalue weighted by Gasteiger charge is -2.24. The highest BCUT2D eigenvalue weighted by Crippen LogP contribution is 2.50. The van der Waals surface area contributed by atoms with Crippen LogP contribution in [-0.2, 0) is 10.2 Å². The molecule has 4 rings (SSSR count). The van der Waals surface area contributed by atoms with E-state index in [1.165, 1.54) is 5.56 Å². The van der Waals surface area contributed by atoms with Crippen molar-refractivity contribution in [2.45, 2.75) is 18.3 Å². The van der Waals surface area contributed by atoms with Gasteiger partial charge in [0, 0.05) is 26.2 Å². The molecule has 0 unspecified atom stereocenters. The molecule has 3 aliphatic rings. The van der Waals surface area contributed by atoms with Crippen LogP contribution in [0.1, 0.15) is 18.4 Å². The Morgan fingerprint density at radius 2 is 1.70 bits per heavy atom. The van der Waals surface area contributed by atoms with Crippen LogP contribution in [0.25, 0.3) is 0 Å². The molecule has 3 nitrogen and oxygen atoms in total. The SMILES string of the molecule is Cl.O=C(N1C[C@H]2CNC[C@H]2C1)C1(c2ccccc2)CC1. The quantitative estimate of drug-likeness (QED) is 0.902. The Hall–Kier alpha value is -1.06. The van der Waals surface area contributed by atoms with Gasteiger partial charge in [0.2, 0.25) is 5.91 Å². The number of hydrogen-bond acceptors (Lipinski definition) is 2. The van der Waals surface area contributed by atoms with Gasteiger partial charge in [0.1, 0.15) is 0 Å². The zero-order valence-electron chi connectivity index (χ0n) is 11.5. The van der Waals surface area contributed by atoms with E-state index in [4.69, 9.17) is 0 Å². The van der Waals surface area contributed by atoms with E-state index >= 15 is 0 Å². The number of carbonyl (C=O) groups excluding carboxylic acids is 1. The van der Waals surface area contributed by atoms with Crippen molar-refractivity contribution in [2.24, 2.45) is 11.8 Å². The first-order valence-electron chi connectivity index (χ1n) is 7.35. The van der Waals surface area contributed by atoms with Crippen molar-refractivity contribution in [3.05, 3.63) is 35.9 Å². The molecule has 1 aromatic rings. The number of halogens is 1. The molecule has 1 saturated carbocycles. The summed E-state index contributed by atoms with van der Waals surface area (Å²) in [6.45, 7) is 4.11. The number of amides is 1. The van der Waals surface area contributed by atoms with Crippen LogP contribution in [0, 0.1) is 11.8 Å². The van der Waals surface area contributed by atoms with Gasteiger partial charge in [-0.25, -0.2) is 0 Å². The monoisotopic (exact) mass is 292 g/mol. The minimum absolute atomic E-state index is 0. The molecule has 0 bridgehead atoms. The van der Waals surface area contributed by atoms with Crippen molar-refractivity contribution in [1.29, 1.82) is 0 Å². The largest absolute Gasteiger partial charge is 0.341 e. The fraction of sp³-hybridized carbons (Fsp3) is 0.562. The average Bonchev–Trinajstić information content (AvgIpc) is 2.97. The predicted molar refractivity (Wildman–Crippen MR) is 81.0 cm³/mol. The van der Waals surface area contributed by atoms with E-state index in [2.05, 4.69) is 22.3 Å². The molecule has 0 spiro atoms. The van der Waals surface area contributed by atoms with E-state index in [0.29, 0.717) is 17.7 Å². The highest BCUT2D eigenvalue weighted by molar-refractivity contribution is 5.91. The second kappa shape index (κ2) is 5.05. The molecule has 2 saturated heterocycles. The lowest BCUT2D eigenvalue weighted by atomic mass is 9.94. The van der Waals surface area contributed by atoms with Crippen LogP contribution in [0.4, 0.5) is 0 Å². The van der Waals surface area contributed by atoms with Gasteiger partial charge in [-0.05, 0) is 30.2 Å². The number of nitrogens with zero attached hydrogens (tertiary/aromatic N) is 1. The summed E-state index contributed by atoms with van der Waals surface area (Å²) in [5.41, 5.74) is 1.04. The zero-order valence-corrected chi connectivity index (χ0v) is 12.4. The van der Waals surface area contributed by atoms with E-state index in [1.807, 2.05) is 18.2 Å². The first-order valence-corrected chi connectivity index (χ1v) is 7.35. The van der Waals surface area contributed by atoms with Crippen LogP contribution in [0.3, 0.4) is 0 Å². The fourth-order valence-electron chi connectivity index (χ4n) is 3.83. The summed E-state index contributed by atoms with van der Waals surface area (Å²) in [6, 6.07) is 10.3. The Morgan fingerprint density at radius 1 is 1.10 bits per heavy atom. The Labute approximate surface area is 126 Å². The molecular formula is C16H21ClN2O. The lowest BCUT2D eigenvalue weighted by molar-refractivity contribution is -0.133. The molecule has 1 aliphatic carbocycles. The number of nitrogens with one attached hydrogen (secondary N) is 1. The summed E-state index contributed by atoms with van der Waals surface area (Å²) in [6.07, 6.45) is 2.06. The number of carbonyl (C=O) groups is 1. The summed E-state index contributed by atoms with van der Waals surface area (Å²) >= 11 is 0. The number of benzene rings is 1. The van der Waals surface area contributed by atoms with Gasteiger partial charge in [-0.1, -0.05) is 30.3 Å². The van der Waals surface area contributed by atoms with Gasteiger partial charge in [0.05, 0.1) is 5.41 Å². The Balaban J connectivity index is 0.00000121. The second-order valence-electron chi connectivity index (χ2n) is 6.34. The van der Waals surface area contributed by atoms with Crippen LogP contribution >= 0.6 is 12.4 Å². The third-order valence-electron chi connectivity index (χ3n) is 5.16. The summed E-state index contributed by atoms with van der Waals surface area (Å²) in [7, 11) is 0. The maximum Gasteiger partial charge on any atom is 0.233 e. The fourth-order valence-corrected chi connectivity index (χ4v) is 3.83. The third-order valence-corrected chi connectivity index (χ3v) is 5.16. The topological polar surface area (TPSA) is 32.3 Å². The normalized spacial score (nSPS) is 29.7. The van der Waals surface area contributed by atoms with E-state index in [-0.39, 0.29) is 17.8 Å². The van der Waals surface area contributed by atoms with Crippen molar-refractivity contribution < 1.29 is 4.79 Å². The Morgan fingerprint density at radius 3 is 2.25 bits per heavy atom. The second-order valence-corrected chi connectivity index (χ2v) is 6.34. The highest BCUT2D eigenvalue weighted by atomic mass is 35.5. The van der Waals surface area contributed by atoms with Crippen LogP contribution in [0.15, 0.2) is 30.3 Å². The molecule has 108 valence electrons. The number of hydrogen-bond donors (Lipinski definition) is 1. The third kappa shape index (κ3) is 2.04. The van der Waals surface area contributed by atoms with Crippen LogP contribution in [0.5, 0.6) is 0 Å². The molecule has 0 radical (unpaired) electrons. The molecule has 3 fully saturated rings. The standard InChI is InChI=1S/C16H20N2O.ClH/c19-15(18-10-12-8-17-9-13(12)11-18)16(6-7-16)14-4-2-1-3-5-14;/h1-5,12-13,17H,6-11H2;1H/t12-,13+;. The van der Waals surface area contributed by atoms with Crippen LogP contribution < -0.4 is 5.32 Å². The molecule has 4 heteroatoms. The Bertz CT molecular complexity index is 488. The van der Waals surface area contributed by atoms with Crippen molar-refractivity contribution in [3.8, 4) is 0 Å². The summed E-state index contributed by atoms with van der Waals surface area (Å²) < 4.78 is 0. The van der Waals surface area contributed by atoms with Crippen molar-refractivity contribution in [2.75, 3.05) is 26.2 Å². The van der Waals surface area contributed by atoms with Crippen LogP contribution in [-0.4, -0.2) is 37.0 Å². The molecule has 0 aromatic heterocycles. The summed E-state index contributed by atoms with van der Waals surface area (Å²) in [5.74, 6) is 1.76. The summed E-state index contributed by atoms with van der Waals surface area (Å²) in [5, 5.41) is 3.43. The number of likely N-dealkylation sites (tertiary alicyclic amines) is 1. The Kier molecular flexibility index (Phi) is 3.51. The van der Waals surface area contributed by atoms with Crippen molar-refractivity contribution >= 4 is 18.3 Å². The van der Waals surface area contributed by atoms with Gasteiger partial charge >= 0.3 is 0 Å². The first-order chi connectivity index (χ1) is 9.29. The van der Waals surface area contributed by atoms with Gasteiger partial charge in [-0.2, -0.15) is 0 Å². The smallest absolute Gasteiger partial charge is 0.233 e. The molecular weight excluding hydrogens is 272 g/mol. The van der Waals surface area contributed by atoms with Crippen LogP contribution in [0.2, 0.25) is 0 Å². The summed E-state index contributed by atoms with van der Waals surface area (Å²) in [4.78, 5) is 15.0. The van der Waals surface area contributed by atoms with Gasteiger partial charge in [-0.15, -0.1) is 12.4 Å². The van der Waals surface area contributed by atoms with Gasteiger partial charge in [-0.3, -0.25) is 4.79 Å². The predicted octanol–water partition coefficient (Wildman–Crippen LogP) is 1.82. The molecule has 2 aliphatic heterocycles. The van der Waals surface area contributed by atoms with E-state index in [9.17, 15) is 4.79 Å². The molecule has 2 heterocycles. The lowest BCUT2D eigenvalue weighted by Crippen LogP contribution is -2.39. The van der Waals surface area contributed by atoms with E-state index in [0.717, 1.165) is 39.0 Å². The minimum atomic E-state index is -0.173. The average molecular weight is 293 g/mol. The first kappa shape index (κ1) is 13.9. The minimum Gasteiger partial charge on any atom is -0.341 e.